The van der Waals surface area contributed by atoms with Gasteiger partial charge in [0.15, 0.2) is 0 Å². The summed E-state index contributed by atoms with van der Waals surface area (Å²) in [6.45, 7) is 5.44. The molecule has 93 valence electrons. The van der Waals surface area contributed by atoms with Gasteiger partial charge in [-0.2, -0.15) is 0 Å². The third-order valence-electron chi connectivity index (χ3n) is 3.73. The van der Waals surface area contributed by atoms with E-state index in [4.69, 9.17) is 4.74 Å². The van der Waals surface area contributed by atoms with Crippen LogP contribution in [0.1, 0.15) is 25.8 Å². The van der Waals surface area contributed by atoms with Crippen LogP contribution in [-0.4, -0.2) is 12.1 Å². The fourth-order valence-electron chi connectivity index (χ4n) is 2.56. The standard InChI is InChI=1S/C16H17O2/c1-15(2,18-13-17)16(11-7-4-8-12-16)14-9-5-3-6-10-14/h3-11H,12H2,1-2H3. The molecule has 2 nitrogen and oxygen atoms in total. The van der Waals surface area contributed by atoms with Gasteiger partial charge < -0.3 is 4.74 Å². The second-order valence-corrected chi connectivity index (χ2v) is 5.02. The lowest BCUT2D eigenvalue weighted by atomic mass is 9.65. The highest BCUT2D eigenvalue weighted by molar-refractivity contribution is 5.45. The van der Waals surface area contributed by atoms with Crippen LogP contribution in [0.2, 0.25) is 0 Å². The van der Waals surface area contributed by atoms with E-state index in [2.05, 4.69) is 24.3 Å². The number of hydrogen-bond donors (Lipinski definition) is 0. The summed E-state index contributed by atoms with van der Waals surface area (Å²) in [7, 11) is 0. The second-order valence-electron chi connectivity index (χ2n) is 5.02. The number of allylic oxidation sites excluding steroid dienone is 3. The van der Waals surface area contributed by atoms with Gasteiger partial charge in [0.1, 0.15) is 5.60 Å². The predicted octanol–water partition coefficient (Wildman–Crippen LogP) is 3.30. The third kappa shape index (κ3) is 1.99. The summed E-state index contributed by atoms with van der Waals surface area (Å²) < 4.78 is 5.24. The van der Waals surface area contributed by atoms with Crippen molar-refractivity contribution in [1.82, 2.24) is 0 Å². The SMILES string of the molecule is CC(C)(O[C]=O)C1(c2ccccc2)C=CC=CC1. The Labute approximate surface area is 108 Å². The zero-order valence-electron chi connectivity index (χ0n) is 10.7. The van der Waals surface area contributed by atoms with Crippen LogP contribution in [0.4, 0.5) is 0 Å². The Balaban J connectivity index is 2.52. The molecule has 0 saturated heterocycles. The van der Waals surface area contributed by atoms with Gasteiger partial charge in [-0.05, 0) is 25.8 Å². The minimum atomic E-state index is -0.642. The number of carbonyl (C=O) groups excluding carboxylic acids is 1. The molecule has 0 aromatic heterocycles. The van der Waals surface area contributed by atoms with E-state index in [9.17, 15) is 4.79 Å². The van der Waals surface area contributed by atoms with Gasteiger partial charge in [-0.25, -0.2) is 4.79 Å². The molecule has 1 aliphatic carbocycles. The lowest BCUT2D eigenvalue weighted by molar-refractivity contribution is 0.0263. The molecule has 0 heterocycles. The van der Waals surface area contributed by atoms with Gasteiger partial charge in [-0.3, -0.25) is 0 Å². The van der Waals surface area contributed by atoms with Crippen molar-refractivity contribution in [2.24, 2.45) is 0 Å². The van der Waals surface area contributed by atoms with Gasteiger partial charge in [0, 0.05) is 0 Å². The Hall–Kier alpha value is -1.83. The molecule has 0 fully saturated rings. The summed E-state index contributed by atoms with van der Waals surface area (Å²) in [6, 6.07) is 10.1. The van der Waals surface area contributed by atoms with E-state index >= 15 is 0 Å². The molecule has 1 atom stereocenters. The van der Waals surface area contributed by atoms with Crippen LogP contribution in [0.5, 0.6) is 0 Å². The van der Waals surface area contributed by atoms with E-state index in [1.54, 1.807) is 6.47 Å². The molecule has 0 aliphatic heterocycles. The van der Waals surface area contributed by atoms with E-state index in [1.165, 1.54) is 0 Å². The van der Waals surface area contributed by atoms with Gasteiger partial charge in [0.25, 0.3) is 0 Å². The first-order valence-electron chi connectivity index (χ1n) is 6.07. The number of benzene rings is 1. The van der Waals surface area contributed by atoms with Gasteiger partial charge in [-0.15, -0.1) is 0 Å². The Morgan fingerprint density at radius 3 is 2.50 bits per heavy atom. The van der Waals surface area contributed by atoms with Crippen molar-refractivity contribution in [2.45, 2.75) is 31.3 Å². The molecule has 2 heteroatoms. The van der Waals surface area contributed by atoms with Crippen LogP contribution < -0.4 is 0 Å². The van der Waals surface area contributed by atoms with Crippen molar-refractivity contribution in [2.75, 3.05) is 0 Å². The highest BCUT2D eigenvalue weighted by atomic mass is 16.5. The van der Waals surface area contributed by atoms with Crippen LogP contribution in [0.3, 0.4) is 0 Å². The van der Waals surface area contributed by atoms with Crippen LogP contribution in [0.15, 0.2) is 54.6 Å². The summed E-state index contributed by atoms with van der Waals surface area (Å²) in [5, 5.41) is 0. The van der Waals surface area contributed by atoms with Gasteiger partial charge in [-0.1, -0.05) is 54.6 Å². The molecule has 1 aliphatic rings. The van der Waals surface area contributed by atoms with Crippen molar-refractivity contribution >= 4 is 6.47 Å². The smallest absolute Gasteiger partial charge is 0.418 e. The van der Waals surface area contributed by atoms with E-state index in [1.807, 2.05) is 44.2 Å². The molecule has 0 amide bonds. The molecule has 1 radical (unpaired) electrons. The molecule has 1 aromatic rings. The quantitative estimate of drug-likeness (QED) is 0.808. The fraction of sp³-hybridized carbons (Fsp3) is 0.312. The second kappa shape index (κ2) is 4.81. The minimum absolute atomic E-state index is 0.333. The Morgan fingerprint density at radius 1 is 1.22 bits per heavy atom. The number of rotatable bonds is 4. The Morgan fingerprint density at radius 2 is 1.94 bits per heavy atom. The molecule has 1 unspecified atom stereocenters. The molecule has 0 saturated carbocycles. The summed E-state index contributed by atoms with van der Waals surface area (Å²) in [4.78, 5) is 10.6. The Bertz CT molecular complexity index is 471. The molecule has 0 bridgehead atoms. The topological polar surface area (TPSA) is 26.3 Å². The molecule has 0 spiro atoms. The average Bonchev–Trinajstić information content (AvgIpc) is 2.40. The lowest BCUT2D eigenvalue weighted by Crippen LogP contribution is -2.48. The Kier molecular flexibility index (Phi) is 3.37. The lowest BCUT2D eigenvalue weighted by Gasteiger charge is -2.44. The molecule has 0 N–H and O–H groups in total. The first kappa shape index (κ1) is 12.6. The fourth-order valence-corrected chi connectivity index (χ4v) is 2.56. The third-order valence-corrected chi connectivity index (χ3v) is 3.73. The number of hydrogen-bond acceptors (Lipinski definition) is 2. The summed E-state index contributed by atoms with van der Waals surface area (Å²) in [6.07, 6.45) is 9.04. The van der Waals surface area contributed by atoms with Gasteiger partial charge >= 0.3 is 6.47 Å². The maximum Gasteiger partial charge on any atom is 0.418 e. The summed E-state index contributed by atoms with van der Waals surface area (Å²) >= 11 is 0. The van der Waals surface area contributed by atoms with Crippen molar-refractivity contribution in [3.05, 3.63) is 60.2 Å². The van der Waals surface area contributed by atoms with Crippen molar-refractivity contribution in [3.8, 4) is 0 Å². The maximum atomic E-state index is 10.6. The zero-order chi connectivity index (χ0) is 13.1. The van der Waals surface area contributed by atoms with Crippen LogP contribution >= 0.6 is 0 Å². The first-order valence-corrected chi connectivity index (χ1v) is 6.07. The molecular formula is C16H17O2. The summed E-state index contributed by atoms with van der Waals surface area (Å²) in [5.74, 6) is 0. The van der Waals surface area contributed by atoms with Crippen LogP contribution in [-0.2, 0) is 14.9 Å². The largest absolute Gasteiger partial charge is 0.450 e. The molecule has 18 heavy (non-hydrogen) atoms. The first-order chi connectivity index (χ1) is 8.62. The van der Waals surface area contributed by atoms with E-state index < -0.39 is 5.60 Å². The van der Waals surface area contributed by atoms with Crippen LogP contribution in [0, 0.1) is 0 Å². The monoisotopic (exact) mass is 241 g/mol. The van der Waals surface area contributed by atoms with E-state index in [0.29, 0.717) is 0 Å². The molecule has 1 aromatic carbocycles. The number of ether oxygens (including phenoxy) is 1. The average molecular weight is 241 g/mol. The highest BCUT2D eigenvalue weighted by Gasteiger charge is 2.46. The molecular weight excluding hydrogens is 224 g/mol. The van der Waals surface area contributed by atoms with E-state index in [0.717, 1.165) is 12.0 Å². The van der Waals surface area contributed by atoms with Crippen molar-refractivity contribution in [1.29, 1.82) is 0 Å². The van der Waals surface area contributed by atoms with Gasteiger partial charge in [0.05, 0.1) is 5.41 Å². The summed E-state index contributed by atoms with van der Waals surface area (Å²) in [5.41, 5.74) is 0.170. The van der Waals surface area contributed by atoms with Crippen molar-refractivity contribution < 1.29 is 9.53 Å². The zero-order valence-corrected chi connectivity index (χ0v) is 10.7. The van der Waals surface area contributed by atoms with Gasteiger partial charge in [0.2, 0.25) is 0 Å². The van der Waals surface area contributed by atoms with E-state index in [-0.39, 0.29) is 5.41 Å². The highest BCUT2D eigenvalue weighted by Crippen LogP contribution is 2.43. The maximum absolute atomic E-state index is 10.6. The normalized spacial score (nSPS) is 22.8. The molecule has 2 rings (SSSR count). The minimum Gasteiger partial charge on any atom is -0.450 e. The van der Waals surface area contributed by atoms with Crippen LogP contribution in [0.25, 0.3) is 0 Å². The van der Waals surface area contributed by atoms with Crippen molar-refractivity contribution in [3.63, 3.8) is 0 Å². The predicted molar refractivity (Wildman–Crippen MR) is 71.9 cm³/mol.